The molecule has 6 heteroatoms. The summed E-state index contributed by atoms with van der Waals surface area (Å²) in [7, 11) is 1.63. The first kappa shape index (κ1) is 17.1. The molecule has 1 amide bonds. The number of aromatic amines is 1. The number of H-pyrrole nitrogens is 1. The molecule has 3 rings (SSSR count). The molecule has 0 aliphatic carbocycles. The Kier molecular flexibility index (Phi) is 5.40. The normalized spacial score (nSPS) is 10.5. The lowest BCUT2D eigenvalue weighted by Crippen LogP contribution is -2.23. The fourth-order valence-corrected chi connectivity index (χ4v) is 2.78. The van der Waals surface area contributed by atoms with E-state index in [0.717, 1.165) is 22.6 Å². The van der Waals surface area contributed by atoms with Gasteiger partial charge in [-0.15, -0.1) is 11.8 Å². The van der Waals surface area contributed by atoms with Gasteiger partial charge < -0.3 is 10.1 Å². The molecule has 3 aromatic rings. The predicted octanol–water partition coefficient (Wildman–Crippen LogP) is 3.74. The summed E-state index contributed by atoms with van der Waals surface area (Å²) in [5.41, 5.74) is 3.13. The maximum atomic E-state index is 12.3. The molecule has 0 radical (unpaired) electrons. The number of ether oxygens (including phenoxy) is 1. The molecule has 0 spiro atoms. The van der Waals surface area contributed by atoms with Crippen LogP contribution in [-0.2, 0) is 6.54 Å². The highest BCUT2D eigenvalue weighted by molar-refractivity contribution is 7.98. The average molecular weight is 353 g/mol. The molecule has 0 bridgehead atoms. The van der Waals surface area contributed by atoms with E-state index in [1.807, 2.05) is 54.8 Å². The van der Waals surface area contributed by atoms with Gasteiger partial charge in [-0.3, -0.25) is 9.89 Å². The Labute approximate surface area is 150 Å². The van der Waals surface area contributed by atoms with Gasteiger partial charge in [0.15, 0.2) is 0 Å². The van der Waals surface area contributed by atoms with E-state index in [-0.39, 0.29) is 5.91 Å². The summed E-state index contributed by atoms with van der Waals surface area (Å²) >= 11 is 1.69. The quantitative estimate of drug-likeness (QED) is 0.663. The molecule has 2 aromatic carbocycles. The van der Waals surface area contributed by atoms with Crippen molar-refractivity contribution in [1.29, 1.82) is 0 Å². The number of aromatic nitrogens is 2. The lowest BCUT2D eigenvalue weighted by molar-refractivity contribution is 0.0946. The first-order valence-corrected chi connectivity index (χ1v) is 9.03. The van der Waals surface area contributed by atoms with E-state index in [9.17, 15) is 4.79 Å². The van der Waals surface area contributed by atoms with Crippen molar-refractivity contribution in [1.82, 2.24) is 15.5 Å². The summed E-state index contributed by atoms with van der Waals surface area (Å²) in [4.78, 5) is 13.5. The largest absolute Gasteiger partial charge is 0.497 e. The van der Waals surface area contributed by atoms with Crippen LogP contribution in [-0.4, -0.2) is 29.5 Å². The van der Waals surface area contributed by atoms with Crippen molar-refractivity contribution in [2.75, 3.05) is 13.4 Å². The van der Waals surface area contributed by atoms with E-state index in [2.05, 4.69) is 15.5 Å². The van der Waals surface area contributed by atoms with Crippen molar-refractivity contribution >= 4 is 17.7 Å². The Balaban J connectivity index is 1.63. The highest BCUT2D eigenvalue weighted by Crippen LogP contribution is 2.21. The fraction of sp³-hybridized carbons (Fsp3) is 0.158. The van der Waals surface area contributed by atoms with Gasteiger partial charge in [-0.2, -0.15) is 5.10 Å². The lowest BCUT2D eigenvalue weighted by Gasteiger charge is -2.04. The van der Waals surface area contributed by atoms with E-state index >= 15 is 0 Å². The first-order valence-electron chi connectivity index (χ1n) is 7.80. The fourth-order valence-electron chi connectivity index (χ4n) is 2.37. The van der Waals surface area contributed by atoms with Gasteiger partial charge in [0.05, 0.1) is 12.8 Å². The van der Waals surface area contributed by atoms with Crippen LogP contribution < -0.4 is 10.1 Å². The summed E-state index contributed by atoms with van der Waals surface area (Å²) in [6.45, 7) is 0.477. The van der Waals surface area contributed by atoms with Crippen molar-refractivity contribution in [3.8, 4) is 17.0 Å². The molecular weight excluding hydrogens is 334 g/mol. The Bertz CT molecular complexity index is 842. The zero-order valence-corrected chi connectivity index (χ0v) is 14.9. The molecule has 2 N–H and O–H groups in total. The summed E-state index contributed by atoms with van der Waals surface area (Å²) in [5.74, 6) is 0.603. The number of carbonyl (C=O) groups is 1. The molecule has 128 valence electrons. The molecule has 25 heavy (non-hydrogen) atoms. The predicted molar refractivity (Wildman–Crippen MR) is 100.0 cm³/mol. The second-order valence-electron chi connectivity index (χ2n) is 5.43. The van der Waals surface area contributed by atoms with Crippen LogP contribution in [0.1, 0.15) is 16.1 Å². The minimum atomic E-state index is -0.179. The van der Waals surface area contributed by atoms with Gasteiger partial charge in [0.1, 0.15) is 11.4 Å². The highest BCUT2D eigenvalue weighted by atomic mass is 32.2. The molecule has 0 aliphatic heterocycles. The number of benzene rings is 2. The topological polar surface area (TPSA) is 67.0 Å². The summed E-state index contributed by atoms with van der Waals surface area (Å²) < 4.78 is 5.14. The third-order valence-electron chi connectivity index (χ3n) is 3.82. The Morgan fingerprint density at radius 2 is 1.88 bits per heavy atom. The molecule has 0 atom stereocenters. The molecule has 0 aliphatic rings. The first-order chi connectivity index (χ1) is 12.2. The number of methoxy groups -OCH3 is 1. The molecule has 0 saturated carbocycles. The zero-order chi connectivity index (χ0) is 17.6. The monoisotopic (exact) mass is 353 g/mol. The number of carbonyl (C=O) groups excluding carboxylic acids is 1. The molecule has 1 aromatic heterocycles. The Hall–Kier alpha value is -2.73. The highest BCUT2D eigenvalue weighted by Gasteiger charge is 2.11. The molecular formula is C19H19N3O2S. The minimum Gasteiger partial charge on any atom is -0.497 e. The number of thioether (sulfide) groups is 1. The van der Waals surface area contributed by atoms with Gasteiger partial charge in [0, 0.05) is 17.0 Å². The number of rotatable bonds is 6. The second kappa shape index (κ2) is 7.90. The van der Waals surface area contributed by atoms with E-state index in [1.54, 1.807) is 24.9 Å². The van der Waals surface area contributed by atoms with Crippen LogP contribution in [0.15, 0.2) is 59.5 Å². The van der Waals surface area contributed by atoms with Crippen LogP contribution in [0.25, 0.3) is 11.3 Å². The SMILES string of the molecule is COc1ccc(-c2cc(C(=O)NCc3ccc(SC)cc3)[nH]n2)cc1. The molecule has 0 fully saturated rings. The molecule has 0 saturated heterocycles. The van der Waals surface area contributed by atoms with Crippen molar-refractivity contribution in [2.24, 2.45) is 0 Å². The number of hydrogen-bond donors (Lipinski definition) is 2. The van der Waals surface area contributed by atoms with Crippen LogP contribution in [0.5, 0.6) is 5.75 Å². The summed E-state index contributed by atoms with van der Waals surface area (Å²) in [6, 6.07) is 17.4. The molecule has 0 unspecified atom stereocenters. The van der Waals surface area contributed by atoms with Crippen molar-refractivity contribution in [3.63, 3.8) is 0 Å². The number of hydrogen-bond acceptors (Lipinski definition) is 4. The van der Waals surface area contributed by atoms with Gasteiger partial charge in [0.2, 0.25) is 0 Å². The van der Waals surface area contributed by atoms with Crippen LogP contribution in [0, 0.1) is 0 Å². The van der Waals surface area contributed by atoms with Crippen molar-refractivity contribution in [2.45, 2.75) is 11.4 Å². The van der Waals surface area contributed by atoms with E-state index in [0.29, 0.717) is 12.2 Å². The number of nitrogens with one attached hydrogen (secondary N) is 2. The van der Waals surface area contributed by atoms with Gasteiger partial charge >= 0.3 is 0 Å². The van der Waals surface area contributed by atoms with Crippen LogP contribution >= 0.6 is 11.8 Å². The zero-order valence-electron chi connectivity index (χ0n) is 14.1. The van der Waals surface area contributed by atoms with Gasteiger partial charge in [0.25, 0.3) is 5.91 Å². The van der Waals surface area contributed by atoms with E-state index < -0.39 is 0 Å². The molecule has 5 nitrogen and oxygen atoms in total. The summed E-state index contributed by atoms with van der Waals surface area (Å²) in [6.07, 6.45) is 2.04. The van der Waals surface area contributed by atoms with E-state index in [4.69, 9.17) is 4.74 Å². The lowest BCUT2D eigenvalue weighted by atomic mass is 10.1. The standard InChI is InChI=1S/C19H19N3O2S/c1-24-15-7-5-14(6-8-15)17-11-18(22-21-17)19(23)20-12-13-3-9-16(25-2)10-4-13/h3-11H,12H2,1-2H3,(H,20,23)(H,21,22). The van der Waals surface area contributed by atoms with Crippen molar-refractivity contribution in [3.05, 3.63) is 65.9 Å². The van der Waals surface area contributed by atoms with Gasteiger partial charge in [-0.25, -0.2) is 0 Å². The summed E-state index contributed by atoms with van der Waals surface area (Å²) in [5, 5.41) is 9.90. The smallest absolute Gasteiger partial charge is 0.269 e. The maximum absolute atomic E-state index is 12.3. The third kappa shape index (κ3) is 4.22. The van der Waals surface area contributed by atoms with Crippen LogP contribution in [0.2, 0.25) is 0 Å². The van der Waals surface area contributed by atoms with Crippen LogP contribution in [0.4, 0.5) is 0 Å². The van der Waals surface area contributed by atoms with Crippen molar-refractivity contribution < 1.29 is 9.53 Å². The maximum Gasteiger partial charge on any atom is 0.269 e. The average Bonchev–Trinajstić information content (AvgIpc) is 3.17. The second-order valence-corrected chi connectivity index (χ2v) is 6.31. The number of nitrogens with zero attached hydrogens (tertiary/aromatic N) is 1. The van der Waals surface area contributed by atoms with Gasteiger partial charge in [-0.05, 0) is 54.3 Å². The van der Waals surface area contributed by atoms with Gasteiger partial charge in [-0.1, -0.05) is 12.1 Å². The Morgan fingerprint density at radius 3 is 2.52 bits per heavy atom. The minimum absolute atomic E-state index is 0.179. The van der Waals surface area contributed by atoms with E-state index in [1.165, 1.54) is 4.90 Å². The number of amides is 1. The van der Waals surface area contributed by atoms with Crippen LogP contribution in [0.3, 0.4) is 0 Å². The third-order valence-corrected chi connectivity index (χ3v) is 4.56. The Morgan fingerprint density at radius 1 is 1.16 bits per heavy atom. The molecule has 1 heterocycles.